The van der Waals surface area contributed by atoms with Crippen LogP contribution in [-0.4, -0.2) is 54.7 Å². The second-order valence-electron chi connectivity index (χ2n) is 14.4. The van der Waals surface area contributed by atoms with E-state index in [-0.39, 0.29) is 35.6 Å². The van der Waals surface area contributed by atoms with Gasteiger partial charge >= 0.3 is 6.01 Å². The maximum atomic E-state index is 12.6. The van der Waals surface area contributed by atoms with Gasteiger partial charge in [-0.05, 0) is 89.8 Å². The summed E-state index contributed by atoms with van der Waals surface area (Å²) >= 11 is 1.68. The number of aliphatic imine (C=N–C) groups is 2. The van der Waals surface area contributed by atoms with Gasteiger partial charge in [-0.1, -0.05) is 61.4 Å². The van der Waals surface area contributed by atoms with Gasteiger partial charge in [0.15, 0.2) is 11.4 Å². The Kier molecular flexibility index (Phi) is 16.1. The smallest absolute Gasteiger partial charge is 0.302 e. The summed E-state index contributed by atoms with van der Waals surface area (Å²) in [7, 11) is 1.64. The lowest BCUT2D eigenvalue weighted by atomic mass is 9.77. The number of anilines is 2. The summed E-state index contributed by atoms with van der Waals surface area (Å²) in [6.07, 6.45) is 10.4. The van der Waals surface area contributed by atoms with E-state index in [4.69, 9.17) is 19.9 Å². The molecule has 2 aromatic carbocycles. The molecule has 4 aromatic rings. The van der Waals surface area contributed by atoms with Gasteiger partial charge in [-0.15, -0.1) is 11.3 Å². The Labute approximate surface area is 346 Å². The molecule has 1 aliphatic heterocycles. The average Bonchev–Trinajstić information content (AvgIpc) is 3.86. The number of rotatable bonds is 11. The SMILES string of the molecule is CC.COc1ccccc1N/C=N/CNC1CCCC(=O)C1C(N)/C(C)=C/C=C(C)C.Cc1ccc(C2N=C(Nc3nc4ccccc4o3)NC3=C2C(=O)CCC3)s1. The van der Waals surface area contributed by atoms with Gasteiger partial charge in [-0.3, -0.25) is 25.2 Å². The molecule has 3 aliphatic rings. The van der Waals surface area contributed by atoms with Crippen LogP contribution in [0, 0.1) is 12.8 Å². The monoisotopic (exact) mass is 806 g/mol. The molecule has 12 nitrogen and oxygen atoms in total. The van der Waals surface area contributed by atoms with Crippen LogP contribution in [0.5, 0.6) is 5.75 Å². The summed E-state index contributed by atoms with van der Waals surface area (Å²) in [5, 5.41) is 13.0. The van der Waals surface area contributed by atoms with Gasteiger partial charge < -0.3 is 25.5 Å². The zero-order chi connectivity index (χ0) is 41.6. The molecule has 0 spiro atoms. The molecular weight excluding hydrogens is 749 g/mol. The number of hydrogen-bond acceptors (Lipinski definition) is 12. The van der Waals surface area contributed by atoms with E-state index in [9.17, 15) is 9.59 Å². The molecule has 308 valence electrons. The van der Waals surface area contributed by atoms with E-state index in [0.717, 1.165) is 69.9 Å². The molecule has 1 fully saturated rings. The first-order chi connectivity index (χ1) is 28.1. The van der Waals surface area contributed by atoms with Gasteiger partial charge in [-0.25, -0.2) is 4.99 Å². The average molecular weight is 807 g/mol. The van der Waals surface area contributed by atoms with Gasteiger partial charge in [0, 0.05) is 45.9 Å². The standard InChI is InChI=1S/C23H34N4O2.C20H18N4O2S.C2H6/c1-16(2)12-13-17(3)23(24)22-19(9-7-10-20(22)28)27-15-25-14-26-18-8-5-6-11-21(18)29-4;1-11-9-10-16(27-11)18-17-13(6-4-7-14(17)25)21-19(23-18)24-20-22-12-5-2-3-8-15(12)26-20;1-2/h5-6,8,11-14,19,22-23,27H,7,9-10,15,24H2,1-4H3,(H,25,26);2-3,5,8-10,18H,4,6-7H2,1H3,(H2,21,22,23,24);1-2H3/b17-13+;;. The third kappa shape index (κ3) is 11.4. The van der Waals surface area contributed by atoms with Crippen molar-refractivity contribution in [3.63, 3.8) is 0 Å². The number of ketones is 2. The number of nitrogens with two attached hydrogens (primary N) is 1. The molecule has 3 heterocycles. The Morgan fingerprint density at radius 1 is 1.03 bits per heavy atom. The van der Waals surface area contributed by atoms with Crippen LogP contribution < -0.4 is 31.7 Å². The molecule has 13 heteroatoms. The summed E-state index contributed by atoms with van der Waals surface area (Å²) in [5.74, 6) is 1.52. The largest absolute Gasteiger partial charge is 0.495 e. The number of nitrogens with zero attached hydrogens (tertiary/aromatic N) is 3. The number of Topliss-reactive ketones (excluding diaryl/α,β-unsaturated/α-hetero) is 2. The van der Waals surface area contributed by atoms with Crippen LogP contribution in [-0.2, 0) is 9.59 Å². The van der Waals surface area contributed by atoms with Crippen molar-refractivity contribution in [2.24, 2.45) is 21.6 Å². The zero-order valence-corrected chi connectivity index (χ0v) is 35.5. The molecule has 4 atom stereocenters. The number of hydrogen-bond donors (Lipinski definition) is 5. The summed E-state index contributed by atoms with van der Waals surface area (Å²) < 4.78 is 11.1. The molecule has 6 N–H and O–H groups in total. The third-order valence-corrected chi connectivity index (χ3v) is 11.1. The van der Waals surface area contributed by atoms with Crippen LogP contribution in [0.4, 0.5) is 11.7 Å². The van der Waals surface area contributed by atoms with Crippen LogP contribution in [0.3, 0.4) is 0 Å². The minimum atomic E-state index is -0.286. The Hall–Kier alpha value is -5.37. The summed E-state index contributed by atoms with van der Waals surface area (Å²) in [6.45, 7) is 12.6. The highest BCUT2D eigenvalue weighted by atomic mass is 32.1. The highest BCUT2D eigenvalue weighted by molar-refractivity contribution is 7.12. The van der Waals surface area contributed by atoms with E-state index < -0.39 is 0 Å². The summed E-state index contributed by atoms with van der Waals surface area (Å²) in [4.78, 5) is 41.1. The number of carbonyl (C=O) groups is 2. The first-order valence-electron chi connectivity index (χ1n) is 20.1. The number of fused-ring (bicyclic) bond motifs is 1. The first-order valence-corrected chi connectivity index (χ1v) is 20.9. The lowest BCUT2D eigenvalue weighted by Crippen LogP contribution is -2.51. The van der Waals surface area contributed by atoms with Crippen molar-refractivity contribution in [3.8, 4) is 5.75 Å². The van der Waals surface area contributed by atoms with Crippen molar-refractivity contribution in [3.05, 3.63) is 105 Å². The van der Waals surface area contributed by atoms with E-state index >= 15 is 0 Å². The number of thiophene rings is 1. The number of aromatic nitrogens is 1. The summed E-state index contributed by atoms with van der Waals surface area (Å²) in [6, 6.07) is 19.3. The Morgan fingerprint density at radius 2 is 1.81 bits per heavy atom. The Bertz CT molecular complexity index is 2140. The van der Waals surface area contributed by atoms with Gasteiger partial charge in [0.1, 0.15) is 23.1 Å². The fraction of sp³-hybridized carbons (Fsp3) is 0.400. The number of guanidine groups is 1. The summed E-state index contributed by atoms with van der Waals surface area (Å²) in [5.41, 5.74) is 12.8. The van der Waals surface area contributed by atoms with Crippen LogP contribution in [0.15, 0.2) is 110 Å². The first kappa shape index (κ1) is 43.7. The topological polar surface area (TPSA) is 168 Å². The number of benzene rings is 2. The number of methoxy groups -OCH3 is 1. The number of nitrogens with one attached hydrogen (secondary N) is 4. The van der Waals surface area contributed by atoms with Gasteiger partial charge in [0.05, 0.1) is 31.7 Å². The van der Waals surface area contributed by atoms with Crippen molar-refractivity contribution in [2.75, 3.05) is 24.4 Å². The number of para-hydroxylation sites is 4. The molecule has 0 saturated heterocycles. The van der Waals surface area contributed by atoms with E-state index in [2.05, 4.69) is 50.3 Å². The van der Waals surface area contributed by atoms with Gasteiger partial charge in [0.2, 0.25) is 5.96 Å². The Morgan fingerprint density at radius 3 is 2.55 bits per heavy atom. The van der Waals surface area contributed by atoms with Crippen molar-refractivity contribution in [1.82, 2.24) is 15.6 Å². The zero-order valence-electron chi connectivity index (χ0n) is 34.7. The second kappa shape index (κ2) is 21.4. The minimum absolute atomic E-state index is 0.0321. The molecule has 0 amide bonds. The quantitative estimate of drug-likeness (QED) is 0.0561. The number of carbonyl (C=O) groups excluding carboxylic acids is 2. The van der Waals surface area contributed by atoms with E-state index in [1.165, 1.54) is 10.5 Å². The molecule has 2 aliphatic carbocycles. The number of oxazole rings is 1. The van der Waals surface area contributed by atoms with Crippen LogP contribution in [0.2, 0.25) is 0 Å². The van der Waals surface area contributed by atoms with Crippen LogP contribution >= 0.6 is 11.3 Å². The number of ether oxygens (including phenoxy) is 1. The lowest BCUT2D eigenvalue weighted by molar-refractivity contribution is -0.126. The molecule has 2 aromatic heterocycles. The maximum absolute atomic E-state index is 12.6. The molecular formula is C45H58N8O4S. The maximum Gasteiger partial charge on any atom is 0.302 e. The molecule has 0 radical (unpaired) electrons. The second-order valence-corrected chi connectivity index (χ2v) is 15.7. The predicted octanol–water partition coefficient (Wildman–Crippen LogP) is 9.00. The Balaban J connectivity index is 0.000000212. The van der Waals surface area contributed by atoms with Crippen molar-refractivity contribution < 1.29 is 18.7 Å². The van der Waals surface area contributed by atoms with Crippen LogP contribution in [0.25, 0.3) is 11.1 Å². The predicted molar refractivity (Wildman–Crippen MR) is 238 cm³/mol. The minimum Gasteiger partial charge on any atom is -0.495 e. The molecule has 4 unspecified atom stereocenters. The highest BCUT2D eigenvalue weighted by Crippen LogP contribution is 2.39. The van der Waals surface area contributed by atoms with Gasteiger partial charge in [-0.2, -0.15) is 4.98 Å². The molecule has 0 bridgehead atoms. The fourth-order valence-electron chi connectivity index (χ4n) is 7.11. The highest BCUT2D eigenvalue weighted by Gasteiger charge is 2.37. The number of aryl methyl sites for hydroxylation is 1. The normalized spacial score (nSPS) is 19.8. The van der Waals surface area contributed by atoms with Crippen molar-refractivity contribution in [1.29, 1.82) is 0 Å². The van der Waals surface area contributed by atoms with Gasteiger partial charge in [0.25, 0.3) is 0 Å². The van der Waals surface area contributed by atoms with Crippen molar-refractivity contribution >= 4 is 58.0 Å². The van der Waals surface area contributed by atoms with Crippen LogP contribution in [0.1, 0.15) is 88.9 Å². The fourth-order valence-corrected chi connectivity index (χ4v) is 8.04. The van der Waals surface area contributed by atoms with Crippen molar-refractivity contribution in [2.45, 2.75) is 98.2 Å². The lowest BCUT2D eigenvalue weighted by Gasteiger charge is -2.35. The molecule has 1 saturated carbocycles. The van der Waals surface area contributed by atoms with E-state index in [1.54, 1.807) is 24.8 Å². The van der Waals surface area contributed by atoms with E-state index in [0.29, 0.717) is 31.5 Å². The number of allylic oxidation sites excluding steroid dienone is 4. The molecule has 7 rings (SSSR count). The van der Waals surface area contributed by atoms with E-state index in [1.807, 2.05) is 95.3 Å². The molecule has 58 heavy (non-hydrogen) atoms. The third-order valence-electron chi connectivity index (χ3n) is 10.0.